The predicted molar refractivity (Wildman–Crippen MR) is 100.0 cm³/mol. The van der Waals surface area contributed by atoms with E-state index in [-0.39, 0.29) is 0 Å². The minimum atomic E-state index is 0.577. The molecule has 1 fully saturated rings. The maximum Gasteiger partial charge on any atom is 0.119 e. The maximum absolute atomic E-state index is 10.4. The first kappa shape index (κ1) is 19.8. The van der Waals surface area contributed by atoms with Crippen LogP contribution in [0.3, 0.4) is 0 Å². The first-order chi connectivity index (χ1) is 11.2. The summed E-state index contributed by atoms with van der Waals surface area (Å²) in [5.41, 5.74) is 0. The fourth-order valence-corrected chi connectivity index (χ4v) is 3.53. The van der Waals surface area contributed by atoms with Gasteiger partial charge < -0.3 is 4.79 Å². The van der Waals surface area contributed by atoms with Crippen LogP contribution in [0.2, 0.25) is 0 Å². The number of carbonyl (C=O) groups excluding carboxylic acids is 1. The third-order valence-corrected chi connectivity index (χ3v) is 5.17. The van der Waals surface area contributed by atoms with Crippen molar-refractivity contribution in [3.8, 4) is 11.8 Å². The highest BCUT2D eigenvalue weighted by Gasteiger charge is 2.47. The molecule has 0 amide bonds. The normalized spacial score (nSPS) is 26.0. The van der Waals surface area contributed by atoms with E-state index in [1.165, 1.54) is 6.42 Å². The highest BCUT2D eigenvalue weighted by molar-refractivity contribution is 5.48. The van der Waals surface area contributed by atoms with Gasteiger partial charge in [-0.1, -0.05) is 58.4 Å². The summed E-state index contributed by atoms with van der Waals surface area (Å²) < 4.78 is 0. The van der Waals surface area contributed by atoms with Crippen LogP contribution in [-0.2, 0) is 4.79 Å². The predicted octanol–water partition coefficient (Wildman–Crippen LogP) is 5.82. The second kappa shape index (κ2) is 11.3. The number of carbonyl (C=O) groups is 1. The summed E-state index contributed by atoms with van der Waals surface area (Å²) in [6, 6.07) is 0. The van der Waals surface area contributed by atoms with Crippen LogP contribution in [0.15, 0.2) is 24.3 Å². The zero-order valence-electron chi connectivity index (χ0n) is 15.4. The van der Waals surface area contributed by atoms with E-state index in [1.54, 1.807) is 0 Å². The Morgan fingerprint density at radius 2 is 1.96 bits per heavy atom. The van der Waals surface area contributed by atoms with Crippen LogP contribution >= 0.6 is 0 Å². The first-order valence-corrected chi connectivity index (χ1v) is 9.39. The standard InChI is InChI=1S/C22H34O/c1-5-7-8-14-20(6-2)15-9-10-16-21-19(4)22(21)18(3)13-11-12-17-23/h9-10,15-22H,5-6,11-14H2,1-4H3. The van der Waals surface area contributed by atoms with Crippen LogP contribution in [0.25, 0.3) is 0 Å². The monoisotopic (exact) mass is 314 g/mol. The summed E-state index contributed by atoms with van der Waals surface area (Å²) in [5.74, 6) is 10.0. The fraction of sp³-hybridized carbons (Fsp3) is 0.682. The molecular weight excluding hydrogens is 280 g/mol. The molecular formula is C22H34O. The molecule has 0 aliphatic heterocycles. The molecule has 0 aromatic rings. The molecule has 128 valence electrons. The Bertz CT molecular complexity index is 448. The second-order valence-corrected chi connectivity index (χ2v) is 6.94. The molecule has 1 rings (SSSR count). The van der Waals surface area contributed by atoms with Gasteiger partial charge in [-0.3, -0.25) is 0 Å². The Morgan fingerprint density at radius 3 is 2.61 bits per heavy atom. The SMILES string of the molecule is CCC#CCC(C=CC=CC1C(C)C1C(C)CCCC=O)CC. The van der Waals surface area contributed by atoms with Crippen molar-refractivity contribution in [3.05, 3.63) is 24.3 Å². The second-order valence-electron chi connectivity index (χ2n) is 6.94. The molecule has 1 heteroatoms. The molecule has 0 spiro atoms. The summed E-state index contributed by atoms with van der Waals surface area (Å²) in [4.78, 5) is 10.4. The summed E-state index contributed by atoms with van der Waals surface area (Å²) >= 11 is 0. The van der Waals surface area contributed by atoms with Crippen LogP contribution in [0, 0.1) is 41.4 Å². The Morgan fingerprint density at radius 1 is 1.17 bits per heavy atom. The molecule has 0 aromatic carbocycles. The van der Waals surface area contributed by atoms with Crippen molar-refractivity contribution in [2.45, 2.75) is 66.2 Å². The van der Waals surface area contributed by atoms with E-state index < -0.39 is 0 Å². The molecule has 1 aliphatic rings. The lowest BCUT2D eigenvalue weighted by Gasteiger charge is -2.09. The van der Waals surface area contributed by atoms with Gasteiger partial charge in [0, 0.05) is 19.3 Å². The van der Waals surface area contributed by atoms with Crippen molar-refractivity contribution >= 4 is 6.29 Å². The maximum atomic E-state index is 10.4. The quantitative estimate of drug-likeness (QED) is 0.215. The zero-order chi connectivity index (χ0) is 17.1. The van der Waals surface area contributed by atoms with Gasteiger partial charge in [-0.25, -0.2) is 0 Å². The minimum absolute atomic E-state index is 0.577. The fourth-order valence-electron chi connectivity index (χ4n) is 3.53. The Kier molecular flexibility index (Phi) is 9.69. The average Bonchev–Trinajstić information content (AvgIpc) is 3.19. The third kappa shape index (κ3) is 7.21. The molecule has 0 saturated heterocycles. The van der Waals surface area contributed by atoms with E-state index in [0.29, 0.717) is 12.3 Å². The average molecular weight is 315 g/mol. The van der Waals surface area contributed by atoms with Crippen molar-refractivity contribution in [1.82, 2.24) is 0 Å². The lowest BCUT2D eigenvalue weighted by molar-refractivity contribution is -0.108. The number of unbranched alkanes of at least 4 members (excludes halogenated alkanes) is 1. The molecule has 0 radical (unpaired) electrons. The summed E-state index contributed by atoms with van der Waals surface area (Å²) in [6.07, 6.45) is 16.2. The van der Waals surface area contributed by atoms with Crippen molar-refractivity contribution in [3.63, 3.8) is 0 Å². The van der Waals surface area contributed by atoms with Crippen molar-refractivity contribution < 1.29 is 4.79 Å². The molecule has 1 saturated carbocycles. The minimum Gasteiger partial charge on any atom is -0.303 e. The van der Waals surface area contributed by atoms with Gasteiger partial charge in [0.25, 0.3) is 0 Å². The van der Waals surface area contributed by atoms with Gasteiger partial charge >= 0.3 is 0 Å². The van der Waals surface area contributed by atoms with E-state index in [1.807, 2.05) is 0 Å². The molecule has 0 N–H and O–H groups in total. The summed E-state index contributed by atoms with van der Waals surface area (Å²) in [6.45, 7) is 9.02. The van der Waals surface area contributed by atoms with Crippen LogP contribution in [0.5, 0.6) is 0 Å². The summed E-state index contributed by atoms with van der Waals surface area (Å²) in [5, 5.41) is 0. The third-order valence-electron chi connectivity index (χ3n) is 5.17. The number of hydrogen-bond acceptors (Lipinski definition) is 1. The van der Waals surface area contributed by atoms with E-state index in [0.717, 1.165) is 55.6 Å². The van der Waals surface area contributed by atoms with Crippen molar-refractivity contribution in [2.24, 2.45) is 29.6 Å². The van der Waals surface area contributed by atoms with Gasteiger partial charge in [0.05, 0.1) is 0 Å². The molecule has 0 heterocycles. The van der Waals surface area contributed by atoms with Crippen LogP contribution in [0.1, 0.15) is 66.2 Å². The van der Waals surface area contributed by atoms with Crippen molar-refractivity contribution in [1.29, 1.82) is 0 Å². The van der Waals surface area contributed by atoms with Gasteiger partial charge in [0.15, 0.2) is 0 Å². The van der Waals surface area contributed by atoms with E-state index in [4.69, 9.17) is 0 Å². The number of aldehydes is 1. The highest BCUT2D eigenvalue weighted by Crippen LogP contribution is 2.52. The van der Waals surface area contributed by atoms with Gasteiger partial charge in [-0.2, -0.15) is 0 Å². The van der Waals surface area contributed by atoms with E-state index in [9.17, 15) is 4.79 Å². The number of hydrogen-bond donors (Lipinski definition) is 0. The molecule has 0 aromatic heterocycles. The van der Waals surface area contributed by atoms with Crippen LogP contribution in [0.4, 0.5) is 0 Å². The lowest BCUT2D eigenvalue weighted by atomic mass is 9.97. The number of rotatable bonds is 10. The molecule has 5 unspecified atom stereocenters. The Hall–Kier alpha value is -1.29. The van der Waals surface area contributed by atoms with Crippen molar-refractivity contribution in [2.75, 3.05) is 0 Å². The van der Waals surface area contributed by atoms with Gasteiger partial charge in [0.2, 0.25) is 0 Å². The molecule has 23 heavy (non-hydrogen) atoms. The van der Waals surface area contributed by atoms with E-state index >= 15 is 0 Å². The van der Waals surface area contributed by atoms with Gasteiger partial charge in [-0.05, 0) is 42.4 Å². The molecule has 0 bridgehead atoms. The number of allylic oxidation sites excluding steroid dienone is 4. The first-order valence-electron chi connectivity index (χ1n) is 9.39. The van der Waals surface area contributed by atoms with Crippen LogP contribution < -0.4 is 0 Å². The summed E-state index contributed by atoms with van der Waals surface area (Å²) in [7, 11) is 0. The van der Waals surface area contributed by atoms with Gasteiger partial charge in [-0.15, -0.1) is 11.8 Å². The van der Waals surface area contributed by atoms with Crippen LogP contribution in [-0.4, -0.2) is 6.29 Å². The topological polar surface area (TPSA) is 17.1 Å². The highest BCUT2D eigenvalue weighted by atomic mass is 16.1. The zero-order valence-corrected chi connectivity index (χ0v) is 15.4. The molecule has 1 aliphatic carbocycles. The lowest BCUT2D eigenvalue weighted by Crippen LogP contribution is -2.00. The largest absolute Gasteiger partial charge is 0.303 e. The Labute approximate surface area is 143 Å². The van der Waals surface area contributed by atoms with E-state index in [2.05, 4.69) is 63.8 Å². The molecule has 1 nitrogen and oxygen atoms in total. The van der Waals surface area contributed by atoms with Gasteiger partial charge in [0.1, 0.15) is 6.29 Å². The molecule has 5 atom stereocenters. The Balaban J connectivity index is 2.36. The smallest absolute Gasteiger partial charge is 0.119 e.